The van der Waals surface area contributed by atoms with Crippen molar-refractivity contribution >= 4 is 21.4 Å². The van der Waals surface area contributed by atoms with E-state index in [4.69, 9.17) is 5.73 Å². The first-order chi connectivity index (χ1) is 9.23. The van der Waals surface area contributed by atoms with E-state index in [0.717, 1.165) is 6.07 Å². The summed E-state index contributed by atoms with van der Waals surface area (Å²) < 4.78 is 26.3. The van der Waals surface area contributed by atoms with Crippen molar-refractivity contribution in [2.24, 2.45) is 11.8 Å². The monoisotopic (exact) mass is 299 g/mol. The molecule has 0 aromatic heterocycles. The molecule has 0 radical (unpaired) electrons. The summed E-state index contributed by atoms with van der Waals surface area (Å²) in [6, 6.07) is 3.59. The maximum atomic E-state index is 12.5. The first kappa shape index (κ1) is 14.7. The quantitative estimate of drug-likeness (QED) is 0.516. The summed E-state index contributed by atoms with van der Waals surface area (Å²) in [6.45, 7) is 4.85. The van der Waals surface area contributed by atoms with E-state index in [1.54, 1.807) is 0 Å². The van der Waals surface area contributed by atoms with Crippen LogP contribution in [0, 0.1) is 22.0 Å². The average Bonchev–Trinajstić information content (AvgIpc) is 2.70. The first-order valence-electron chi connectivity index (χ1n) is 6.27. The molecular formula is C12H17N3O4S. The van der Waals surface area contributed by atoms with Gasteiger partial charge in [0.25, 0.3) is 5.69 Å². The minimum Gasteiger partial charge on any atom is -0.393 e. The molecule has 2 rings (SSSR count). The summed E-state index contributed by atoms with van der Waals surface area (Å²) >= 11 is 0. The lowest BCUT2D eigenvalue weighted by atomic mass is 10.0. The van der Waals surface area contributed by atoms with Gasteiger partial charge in [-0.25, -0.2) is 8.42 Å². The molecule has 1 aromatic carbocycles. The van der Waals surface area contributed by atoms with Crippen LogP contribution in [0.4, 0.5) is 11.4 Å². The SMILES string of the molecule is CC1CN(S(=O)(=O)c2ccc(N)c([N+](=O)[O-])c2)CC1C. The zero-order valence-electron chi connectivity index (χ0n) is 11.3. The number of rotatable bonds is 3. The third-order valence-electron chi connectivity index (χ3n) is 3.79. The standard InChI is InChI=1S/C12H17N3O4S/c1-8-6-14(7-9(8)2)20(18,19)10-3-4-11(13)12(5-10)15(16)17/h3-5,8-9H,6-7,13H2,1-2H3. The summed E-state index contributed by atoms with van der Waals surface area (Å²) in [5.74, 6) is 0.544. The lowest BCUT2D eigenvalue weighted by Crippen LogP contribution is -2.29. The normalized spacial score (nSPS) is 23.9. The third kappa shape index (κ3) is 2.48. The molecule has 0 spiro atoms. The van der Waals surface area contributed by atoms with Crippen molar-refractivity contribution in [3.8, 4) is 0 Å². The second kappa shape index (κ2) is 5.02. The summed E-state index contributed by atoms with van der Waals surface area (Å²) in [7, 11) is -3.70. The minimum atomic E-state index is -3.70. The molecule has 1 saturated heterocycles. The fourth-order valence-electron chi connectivity index (χ4n) is 2.26. The number of nitrogen functional groups attached to an aromatic ring is 1. The Hall–Kier alpha value is -1.67. The average molecular weight is 299 g/mol. The molecule has 2 atom stereocenters. The number of nitrogens with zero attached hydrogens (tertiary/aromatic N) is 2. The molecule has 7 nitrogen and oxygen atoms in total. The Kier molecular flexibility index (Phi) is 3.70. The summed E-state index contributed by atoms with van der Waals surface area (Å²) in [5.41, 5.74) is 5.05. The van der Waals surface area contributed by atoms with Crippen LogP contribution in [-0.2, 0) is 10.0 Å². The molecule has 1 aromatic rings. The van der Waals surface area contributed by atoms with Gasteiger partial charge < -0.3 is 5.73 Å². The number of hydrogen-bond acceptors (Lipinski definition) is 5. The third-order valence-corrected chi connectivity index (χ3v) is 5.62. The summed E-state index contributed by atoms with van der Waals surface area (Å²) in [6.07, 6.45) is 0. The molecule has 1 aliphatic rings. The van der Waals surface area contributed by atoms with Crippen molar-refractivity contribution in [1.82, 2.24) is 4.31 Å². The number of sulfonamides is 1. The highest BCUT2D eigenvalue weighted by atomic mass is 32.2. The van der Waals surface area contributed by atoms with Crippen LogP contribution >= 0.6 is 0 Å². The molecule has 2 unspecified atom stereocenters. The van der Waals surface area contributed by atoms with Gasteiger partial charge in [0.1, 0.15) is 5.69 Å². The molecule has 0 bridgehead atoms. The highest BCUT2D eigenvalue weighted by Crippen LogP contribution is 2.31. The van der Waals surface area contributed by atoms with Crippen LogP contribution in [0.15, 0.2) is 23.1 Å². The molecule has 110 valence electrons. The van der Waals surface area contributed by atoms with Gasteiger partial charge in [-0.1, -0.05) is 13.8 Å². The number of nitrogens with two attached hydrogens (primary N) is 1. The van der Waals surface area contributed by atoms with E-state index in [9.17, 15) is 18.5 Å². The van der Waals surface area contributed by atoms with Crippen molar-refractivity contribution < 1.29 is 13.3 Å². The lowest BCUT2D eigenvalue weighted by molar-refractivity contribution is -0.384. The Morgan fingerprint density at radius 1 is 1.30 bits per heavy atom. The molecule has 2 N–H and O–H groups in total. The van der Waals surface area contributed by atoms with E-state index in [1.807, 2.05) is 13.8 Å². The number of hydrogen-bond donors (Lipinski definition) is 1. The minimum absolute atomic E-state index is 0.0443. The summed E-state index contributed by atoms with van der Waals surface area (Å²) in [4.78, 5) is 10.1. The molecule has 0 aliphatic carbocycles. The van der Waals surface area contributed by atoms with Crippen LogP contribution in [0.3, 0.4) is 0 Å². The van der Waals surface area contributed by atoms with Gasteiger partial charge in [-0.05, 0) is 24.0 Å². The van der Waals surface area contributed by atoms with Gasteiger partial charge >= 0.3 is 0 Å². The molecular weight excluding hydrogens is 282 g/mol. The lowest BCUT2D eigenvalue weighted by Gasteiger charge is -2.16. The second-order valence-electron chi connectivity index (χ2n) is 5.25. The number of nitro groups is 1. The van der Waals surface area contributed by atoms with Crippen LogP contribution in [0.2, 0.25) is 0 Å². The fraction of sp³-hybridized carbons (Fsp3) is 0.500. The Morgan fingerprint density at radius 3 is 2.35 bits per heavy atom. The van der Waals surface area contributed by atoms with Crippen molar-refractivity contribution in [2.75, 3.05) is 18.8 Å². The van der Waals surface area contributed by atoms with Crippen molar-refractivity contribution in [3.63, 3.8) is 0 Å². The molecule has 0 saturated carbocycles. The van der Waals surface area contributed by atoms with E-state index in [0.29, 0.717) is 13.1 Å². The van der Waals surface area contributed by atoms with Crippen LogP contribution in [0.5, 0.6) is 0 Å². The predicted molar refractivity (Wildman–Crippen MR) is 74.6 cm³/mol. The van der Waals surface area contributed by atoms with Gasteiger partial charge in [0.05, 0.1) is 9.82 Å². The van der Waals surface area contributed by atoms with Crippen molar-refractivity contribution in [1.29, 1.82) is 0 Å². The Labute approximate surface area is 117 Å². The number of benzene rings is 1. The molecule has 1 aliphatic heterocycles. The van der Waals surface area contributed by atoms with Crippen LogP contribution in [0.25, 0.3) is 0 Å². The molecule has 8 heteroatoms. The highest BCUT2D eigenvalue weighted by Gasteiger charge is 2.35. The zero-order chi connectivity index (χ0) is 15.1. The topological polar surface area (TPSA) is 107 Å². The van der Waals surface area contributed by atoms with Crippen molar-refractivity contribution in [2.45, 2.75) is 18.7 Å². The maximum absolute atomic E-state index is 12.5. The largest absolute Gasteiger partial charge is 0.393 e. The van der Waals surface area contributed by atoms with E-state index in [2.05, 4.69) is 0 Å². The second-order valence-corrected chi connectivity index (χ2v) is 7.19. The summed E-state index contributed by atoms with van der Waals surface area (Å²) in [5, 5.41) is 10.8. The Bertz CT molecular complexity index is 634. The Morgan fingerprint density at radius 2 is 1.85 bits per heavy atom. The highest BCUT2D eigenvalue weighted by molar-refractivity contribution is 7.89. The van der Waals surface area contributed by atoms with E-state index in [1.165, 1.54) is 16.4 Å². The van der Waals surface area contributed by atoms with E-state index in [-0.39, 0.29) is 28.1 Å². The van der Waals surface area contributed by atoms with Gasteiger partial charge in [0.15, 0.2) is 0 Å². The van der Waals surface area contributed by atoms with Crippen molar-refractivity contribution in [3.05, 3.63) is 28.3 Å². The molecule has 0 amide bonds. The van der Waals surface area contributed by atoms with Crippen LogP contribution < -0.4 is 5.73 Å². The van der Waals surface area contributed by atoms with E-state index >= 15 is 0 Å². The molecule has 1 fully saturated rings. The van der Waals surface area contributed by atoms with Gasteiger partial charge in [-0.2, -0.15) is 4.31 Å². The van der Waals surface area contributed by atoms with Gasteiger partial charge in [0.2, 0.25) is 10.0 Å². The number of nitro benzene ring substituents is 1. The molecule has 1 heterocycles. The smallest absolute Gasteiger partial charge is 0.293 e. The van der Waals surface area contributed by atoms with Crippen LogP contribution in [-0.4, -0.2) is 30.7 Å². The van der Waals surface area contributed by atoms with E-state index < -0.39 is 14.9 Å². The maximum Gasteiger partial charge on any atom is 0.293 e. The first-order valence-corrected chi connectivity index (χ1v) is 7.71. The number of anilines is 1. The molecule has 20 heavy (non-hydrogen) atoms. The van der Waals surface area contributed by atoms with Crippen LogP contribution in [0.1, 0.15) is 13.8 Å². The van der Waals surface area contributed by atoms with Gasteiger partial charge in [0, 0.05) is 19.2 Å². The van der Waals surface area contributed by atoms with Gasteiger partial charge in [-0.3, -0.25) is 10.1 Å². The Balaban J connectivity index is 2.40. The predicted octanol–water partition coefficient (Wildman–Crippen LogP) is 1.45. The fourth-order valence-corrected chi connectivity index (χ4v) is 3.93. The zero-order valence-corrected chi connectivity index (χ0v) is 12.1. The van der Waals surface area contributed by atoms with Gasteiger partial charge in [-0.15, -0.1) is 0 Å².